The molecule has 0 amide bonds. The quantitative estimate of drug-likeness (QED) is 0.810. The summed E-state index contributed by atoms with van der Waals surface area (Å²) in [5.41, 5.74) is 0. The van der Waals surface area contributed by atoms with Gasteiger partial charge in [-0.2, -0.15) is 0 Å². The third-order valence-corrected chi connectivity index (χ3v) is 5.41. The van der Waals surface area contributed by atoms with Gasteiger partial charge in [-0.3, -0.25) is 0 Å². The zero-order chi connectivity index (χ0) is 11.5. The van der Waals surface area contributed by atoms with E-state index in [2.05, 4.69) is 10.2 Å². The molecule has 2 atom stereocenters. The van der Waals surface area contributed by atoms with Crippen molar-refractivity contribution < 1.29 is 0 Å². The fourth-order valence-corrected chi connectivity index (χ4v) is 4.30. The van der Waals surface area contributed by atoms with Gasteiger partial charge in [-0.25, -0.2) is 0 Å². The second-order valence-corrected chi connectivity index (χ2v) is 6.42. The average molecular weight is 236 g/mol. The van der Waals surface area contributed by atoms with Crippen LogP contribution in [0.1, 0.15) is 51.4 Å². The summed E-state index contributed by atoms with van der Waals surface area (Å²) in [5, 5.41) is 3.47. The zero-order valence-electron chi connectivity index (χ0n) is 11.2. The fraction of sp³-hybridized carbons (Fsp3) is 1.00. The van der Waals surface area contributed by atoms with Crippen molar-refractivity contribution in [3.8, 4) is 0 Å². The summed E-state index contributed by atoms with van der Waals surface area (Å²) in [6.45, 7) is 5.32. The van der Waals surface area contributed by atoms with Crippen LogP contribution in [-0.2, 0) is 0 Å². The van der Waals surface area contributed by atoms with Crippen LogP contribution in [0.4, 0.5) is 0 Å². The lowest BCUT2D eigenvalue weighted by atomic mass is 9.85. The molecule has 2 aliphatic heterocycles. The second-order valence-electron chi connectivity index (χ2n) is 6.42. The maximum Gasteiger partial charge on any atom is 0.0124 e. The van der Waals surface area contributed by atoms with E-state index in [9.17, 15) is 0 Å². The van der Waals surface area contributed by atoms with Crippen molar-refractivity contribution in [2.75, 3.05) is 26.2 Å². The molecule has 2 heterocycles. The normalized spacial score (nSPS) is 36.0. The smallest absolute Gasteiger partial charge is 0.0124 e. The zero-order valence-corrected chi connectivity index (χ0v) is 11.2. The van der Waals surface area contributed by atoms with Gasteiger partial charge in [-0.1, -0.05) is 12.8 Å². The third kappa shape index (κ3) is 2.85. The molecule has 0 aromatic rings. The first kappa shape index (κ1) is 12.0. The lowest BCUT2D eigenvalue weighted by Gasteiger charge is -2.33. The summed E-state index contributed by atoms with van der Waals surface area (Å²) in [4.78, 5) is 2.84. The number of rotatable bonds is 3. The van der Waals surface area contributed by atoms with E-state index in [4.69, 9.17) is 0 Å². The van der Waals surface area contributed by atoms with Crippen molar-refractivity contribution in [3.63, 3.8) is 0 Å². The molecule has 1 N–H and O–H groups in total. The van der Waals surface area contributed by atoms with E-state index in [-0.39, 0.29) is 0 Å². The highest BCUT2D eigenvalue weighted by Crippen LogP contribution is 2.36. The van der Waals surface area contributed by atoms with Crippen LogP contribution < -0.4 is 5.32 Å². The van der Waals surface area contributed by atoms with Crippen molar-refractivity contribution in [2.45, 2.75) is 57.4 Å². The number of piperidine rings is 1. The topological polar surface area (TPSA) is 15.3 Å². The van der Waals surface area contributed by atoms with Crippen molar-refractivity contribution >= 4 is 0 Å². The Labute approximate surface area is 106 Å². The van der Waals surface area contributed by atoms with Gasteiger partial charge in [0, 0.05) is 6.04 Å². The maximum atomic E-state index is 3.47. The lowest BCUT2D eigenvalue weighted by molar-refractivity contribution is 0.167. The number of nitrogens with zero attached hydrogens (tertiary/aromatic N) is 1. The fourth-order valence-electron chi connectivity index (χ4n) is 4.30. The minimum atomic E-state index is 0.977. The highest BCUT2D eigenvalue weighted by atomic mass is 15.2. The predicted molar refractivity (Wildman–Crippen MR) is 72.1 cm³/mol. The summed E-state index contributed by atoms with van der Waals surface area (Å²) in [5.74, 6) is 2.08. The number of nitrogens with one attached hydrogen (secondary N) is 1. The van der Waals surface area contributed by atoms with Gasteiger partial charge in [0.05, 0.1) is 0 Å². The van der Waals surface area contributed by atoms with Gasteiger partial charge in [0.25, 0.3) is 0 Å². The first-order chi connectivity index (χ1) is 8.43. The number of likely N-dealkylation sites (tertiary alicyclic amines) is 1. The Bertz CT molecular complexity index is 235. The van der Waals surface area contributed by atoms with E-state index in [1.165, 1.54) is 77.5 Å². The van der Waals surface area contributed by atoms with Gasteiger partial charge >= 0.3 is 0 Å². The van der Waals surface area contributed by atoms with Gasteiger partial charge in [-0.15, -0.1) is 0 Å². The Kier molecular flexibility index (Phi) is 4.02. The van der Waals surface area contributed by atoms with Crippen LogP contribution in [0.5, 0.6) is 0 Å². The van der Waals surface area contributed by atoms with Crippen LogP contribution in [0.2, 0.25) is 0 Å². The van der Waals surface area contributed by atoms with E-state index in [1.54, 1.807) is 0 Å². The van der Waals surface area contributed by atoms with Crippen molar-refractivity contribution in [3.05, 3.63) is 0 Å². The van der Waals surface area contributed by atoms with Crippen LogP contribution in [0, 0.1) is 11.8 Å². The molecule has 98 valence electrons. The van der Waals surface area contributed by atoms with E-state index >= 15 is 0 Å². The number of hydrogen-bond donors (Lipinski definition) is 1. The molecule has 2 unspecified atom stereocenters. The SMILES string of the molecule is C1CCC2C(C1)CCN2CCC1CCNCC1. The van der Waals surface area contributed by atoms with E-state index in [0.29, 0.717) is 0 Å². The Hall–Kier alpha value is -0.0800. The molecule has 1 aliphatic carbocycles. The van der Waals surface area contributed by atoms with Crippen LogP contribution in [0.3, 0.4) is 0 Å². The molecule has 2 heteroatoms. The molecule has 3 fully saturated rings. The Morgan fingerprint density at radius 1 is 0.941 bits per heavy atom. The van der Waals surface area contributed by atoms with E-state index < -0.39 is 0 Å². The molecule has 0 spiro atoms. The van der Waals surface area contributed by atoms with Gasteiger partial charge in [0.1, 0.15) is 0 Å². The first-order valence-corrected chi connectivity index (χ1v) is 7.88. The van der Waals surface area contributed by atoms with Gasteiger partial charge in [-0.05, 0) is 76.5 Å². The minimum Gasteiger partial charge on any atom is -0.317 e. The molecule has 3 rings (SSSR count). The largest absolute Gasteiger partial charge is 0.317 e. The average Bonchev–Trinajstić information content (AvgIpc) is 2.81. The molecule has 2 nitrogen and oxygen atoms in total. The molecular weight excluding hydrogens is 208 g/mol. The standard InChI is InChI=1S/C15H28N2/c1-2-4-15-14(3-1)8-12-17(15)11-7-13-5-9-16-10-6-13/h13-16H,1-12H2. The number of fused-ring (bicyclic) bond motifs is 1. The first-order valence-electron chi connectivity index (χ1n) is 7.88. The van der Waals surface area contributed by atoms with Gasteiger partial charge in [0.2, 0.25) is 0 Å². The summed E-state index contributed by atoms with van der Waals surface area (Å²) in [6, 6.07) is 0.977. The minimum absolute atomic E-state index is 0.977. The van der Waals surface area contributed by atoms with Crippen LogP contribution in [0.15, 0.2) is 0 Å². The summed E-state index contributed by atoms with van der Waals surface area (Å²) in [7, 11) is 0. The highest BCUT2D eigenvalue weighted by molar-refractivity contribution is 4.89. The van der Waals surface area contributed by atoms with Crippen LogP contribution >= 0.6 is 0 Å². The Morgan fingerprint density at radius 3 is 2.65 bits per heavy atom. The van der Waals surface area contributed by atoms with E-state index in [1.807, 2.05) is 0 Å². The summed E-state index contributed by atoms with van der Waals surface area (Å²) in [6.07, 6.45) is 11.8. The number of hydrogen-bond acceptors (Lipinski definition) is 2. The molecule has 17 heavy (non-hydrogen) atoms. The molecular formula is C15H28N2. The van der Waals surface area contributed by atoms with Crippen molar-refractivity contribution in [1.29, 1.82) is 0 Å². The third-order valence-electron chi connectivity index (χ3n) is 5.41. The monoisotopic (exact) mass is 236 g/mol. The maximum absolute atomic E-state index is 3.47. The van der Waals surface area contributed by atoms with Crippen molar-refractivity contribution in [2.24, 2.45) is 11.8 Å². The second kappa shape index (κ2) is 5.71. The van der Waals surface area contributed by atoms with Crippen LogP contribution in [-0.4, -0.2) is 37.1 Å². The molecule has 0 radical (unpaired) electrons. The molecule has 0 bridgehead atoms. The molecule has 0 aromatic carbocycles. The Morgan fingerprint density at radius 2 is 1.76 bits per heavy atom. The van der Waals surface area contributed by atoms with Crippen LogP contribution in [0.25, 0.3) is 0 Å². The summed E-state index contributed by atoms with van der Waals surface area (Å²) < 4.78 is 0. The molecule has 3 aliphatic rings. The molecule has 2 saturated heterocycles. The highest BCUT2D eigenvalue weighted by Gasteiger charge is 2.35. The molecule has 0 aromatic heterocycles. The van der Waals surface area contributed by atoms with E-state index in [0.717, 1.165) is 17.9 Å². The van der Waals surface area contributed by atoms with Gasteiger partial charge < -0.3 is 10.2 Å². The van der Waals surface area contributed by atoms with Gasteiger partial charge in [0.15, 0.2) is 0 Å². The Balaban J connectivity index is 1.45. The predicted octanol–water partition coefficient (Wildman–Crippen LogP) is 2.64. The lowest BCUT2D eigenvalue weighted by Crippen LogP contribution is -2.37. The molecule has 1 saturated carbocycles. The summed E-state index contributed by atoms with van der Waals surface area (Å²) >= 11 is 0. The van der Waals surface area contributed by atoms with Crippen molar-refractivity contribution in [1.82, 2.24) is 10.2 Å².